The van der Waals surface area contributed by atoms with Gasteiger partial charge in [-0.25, -0.2) is 4.98 Å². The van der Waals surface area contributed by atoms with Crippen LogP contribution < -0.4 is 14.4 Å². The van der Waals surface area contributed by atoms with Crippen LogP contribution in [-0.4, -0.2) is 42.1 Å². The molecule has 1 fully saturated rings. The maximum Gasteiger partial charge on any atom is 0.261 e. The fraction of sp³-hybridized carbons (Fsp3) is 0.292. The molecule has 0 spiro atoms. The van der Waals surface area contributed by atoms with Crippen molar-refractivity contribution in [2.45, 2.75) is 18.8 Å². The summed E-state index contributed by atoms with van der Waals surface area (Å²) >= 11 is 0. The van der Waals surface area contributed by atoms with Gasteiger partial charge in [-0.05, 0) is 23.6 Å². The molecule has 6 heteroatoms. The van der Waals surface area contributed by atoms with Gasteiger partial charge in [-0.1, -0.05) is 48.5 Å². The Bertz CT molecular complexity index is 1050. The van der Waals surface area contributed by atoms with Crippen molar-refractivity contribution in [3.63, 3.8) is 0 Å². The molecule has 3 aromatic rings. The largest absolute Gasteiger partial charge is 0.483 e. The van der Waals surface area contributed by atoms with Crippen molar-refractivity contribution < 1.29 is 14.3 Å². The van der Waals surface area contributed by atoms with E-state index in [1.165, 1.54) is 11.8 Å². The fourth-order valence-electron chi connectivity index (χ4n) is 4.18. The number of hydrogen-bond donors (Lipinski definition) is 0. The minimum atomic E-state index is -0.127. The second kappa shape index (κ2) is 8.14. The van der Waals surface area contributed by atoms with Gasteiger partial charge in [0.1, 0.15) is 13.2 Å². The number of carbonyl (C=O) groups is 1. The molecule has 1 saturated heterocycles. The molecule has 0 bridgehead atoms. The number of hydrogen-bond acceptors (Lipinski definition) is 6. The number of aromatic nitrogens is 2. The second-order valence-corrected chi connectivity index (χ2v) is 7.63. The highest BCUT2D eigenvalue weighted by atomic mass is 16.6. The molecule has 0 aliphatic carbocycles. The van der Waals surface area contributed by atoms with Crippen LogP contribution in [0.4, 0.5) is 5.69 Å². The molecule has 5 rings (SSSR count). The van der Waals surface area contributed by atoms with Crippen molar-refractivity contribution >= 4 is 11.5 Å². The number of rotatable bonds is 5. The highest BCUT2D eigenvalue weighted by Gasteiger charge is 2.26. The third kappa shape index (κ3) is 3.73. The summed E-state index contributed by atoms with van der Waals surface area (Å²) in [6.45, 7) is 2.83. The van der Waals surface area contributed by atoms with Crippen LogP contribution in [0.25, 0.3) is 0 Å². The van der Waals surface area contributed by atoms with Gasteiger partial charge in [-0.15, -0.1) is 0 Å². The minimum Gasteiger partial charge on any atom is -0.483 e. The molecule has 0 saturated carbocycles. The number of para-hydroxylation sites is 1. The van der Waals surface area contributed by atoms with Gasteiger partial charge >= 0.3 is 0 Å². The molecular formula is C24H23N3O3. The first-order chi connectivity index (χ1) is 14.8. The Balaban J connectivity index is 1.33. The molecule has 30 heavy (non-hydrogen) atoms. The van der Waals surface area contributed by atoms with Crippen molar-refractivity contribution in [1.82, 2.24) is 9.97 Å². The summed E-state index contributed by atoms with van der Waals surface area (Å²) in [6.07, 6.45) is 2.88. The van der Waals surface area contributed by atoms with Crippen LogP contribution >= 0.6 is 0 Å². The maximum absolute atomic E-state index is 12.9. The van der Waals surface area contributed by atoms with Gasteiger partial charge < -0.3 is 14.4 Å². The lowest BCUT2D eigenvalue weighted by molar-refractivity contribution is 0.0978. The topological polar surface area (TPSA) is 64.6 Å². The van der Waals surface area contributed by atoms with E-state index in [1.807, 2.05) is 18.2 Å². The number of Topliss-reactive ketones (excluding diaryl/α,β-unsaturated/α-hetero) is 1. The molecule has 0 radical (unpaired) electrons. The standard InChI is InChI=1S/C24H23N3O3/c28-21(23-25-15-22-24(26-23)30-13-12-29-22)14-18-8-4-5-9-20(18)27-11-10-19(16-27)17-6-2-1-3-7-17/h1-9,15,19H,10-14,16H2. The average molecular weight is 401 g/mol. The minimum absolute atomic E-state index is 0.127. The average Bonchev–Trinajstić information content (AvgIpc) is 3.30. The molecule has 1 unspecified atom stereocenters. The molecule has 1 atom stereocenters. The van der Waals surface area contributed by atoms with Crippen molar-refractivity contribution in [2.75, 3.05) is 31.2 Å². The first-order valence-electron chi connectivity index (χ1n) is 10.3. The normalized spacial score (nSPS) is 17.7. The SMILES string of the molecule is O=C(Cc1ccccc1N1CCC(c2ccccc2)C1)c1ncc2c(n1)OCCO2. The molecule has 0 N–H and O–H groups in total. The third-order valence-corrected chi connectivity index (χ3v) is 5.69. The Morgan fingerprint density at radius 2 is 1.83 bits per heavy atom. The molecule has 2 aliphatic heterocycles. The van der Waals surface area contributed by atoms with Crippen molar-refractivity contribution in [1.29, 1.82) is 0 Å². The second-order valence-electron chi connectivity index (χ2n) is 7.63. The van der Waals surface area contributed by atoms with E-state index in [0.717, 1.165) is 30.8 Å². The summed E-state index contributed by atoms with van der Waals surface area (Å²) in [7, 11) is 0. The number of benzene rings is 2. The van der Waals surface area contributed by atoms with Gasteiger partial charge in [0.2, 0.25) is 5.78 Å². The van der Waals surface area contributed by atoms with Crippen LogP contribution in [-0.2, 0) is 6.42 Å². The summed E-state index contributed by atoms with van der Waals surface area (Å²) in [5, 5.41) is 0. The zero-order valence-corrected chi connectivity index (χ0v) is 16.7. The van der Waals surface area contributed by atoms with Crippen LogP contribution in [0.1, 0.15) is 34.1 Å². The van der Waals surface area contributed by atoms with Crippen LogP contribution in [0.5, 0.6) is 11.6 Å². The molecule has 1 aromatic heterocycles. The van der Waals surface area contributed by atoms with Crippen LogP contribution in [0.2, 0.25) is 0 Å². The summed E-state index contributed by atoms with van der Waals surface area (Å²) in [4.78, 5) is 23.7. The van der Waals surface area contributed by atoms with Crippen molar-refractivity contribution in [2.24, 2.45) is 0 Å². The number of nitrogens with zero attached hydrogens (tertiary/aromatic N) is 3. The monoisotopic (exact) mass is 401 g/mol. The number of ketones is 1. The fourth-order valence-corrected chi connectivity index (χ4v) is 4.18. The van der Waals surface area contributed by atoms with E-state index in [4.69, 9.17) is 9.47 Å². The van der Waals surface area contributed by atoms with Gasteiger partial charge in [0.15, 0.2) is 11.6 Å². The predicted molar refractivity (Wildman–Crippen MR) is 114 cm³/mol. The van der Waals surface area contributed by atoms with Gasteiger partial charge in [-0.3, -0.25) is 4.79 Å². The number of fused-ring (bicyclic) bond motifs is 1. The third-order valence-electron chi connectivity index (χ3n) is 5.69. The van der Waals surface area contributed by atoms with E-state index in [0.29, 0.717) is 30.8 Å². The van der Waals surface area contributed by atoms with E-state index < -0.39 is 0 Å². The highest BCUT2D eigenvalue weighted by molar-refractivity contribution is 5.95. The lowest BCUT2D eigenvalue weighted by Gasteiger charge is -2.22. The lowest BCUT2D eigenvalue weighted by Crippen LogP contribution is -2.22. The van der Waals surface area contributed by atoms with Gasteiger partial charge in [0.25, 0.3) is 5.88 Å². The van der Waals surface area contributed by atoms with Crippen molar-refractivity contribution in [3.05, 3.63) is 77.7 Å². The molecule has 2 aromatic carbocycles. The lowest BCUT2D eigenvalue weighted by atomic mass is 9.99. The Kier molecular flexibility index (Phi) is 5.05. The van der Waals surface area contributed by atoms with E-state index >= 15 is 0 Å². The Hall–Kier alpha value is -3.41. The molecular weight excluding hydrogens is 378 g/mol. The van der Waals surface area contributed by atoms with E-state index in [1.54, 1.807) is 0 Å². The maximum atomic E-state index is 12.9. The zero-order chi connectivity index (χ0) is 20.3. The summed E-state index contributed by atoms with van der Waals surface area (Å²) in [5.41, 5.74) is 3.48. The predicted octanol–water partition coefficient (Wildman–Crippen LogP) is 3.67. The Morgan fingerprint density at radius 1 is 1.03 bits per heavy atom. The summed E-state index contributed by atoms with van der Waals surface area (Å²) < 4.78 is 10.9. The zero-order valence-electron chi connectivity index (χ0n) is 16.7. The molecule has 6 nitrogen and oxygen atoms in total. The van der Waals surface area contributed by atoms with Gasteiger partial charge in [-0.2, -0.15) is 4.98 Å². The van der Waals surface area contributed by atoms with Crippen LogP contribution in [0.3, 0.4) is 0 Å². The molecule has 2 aliphatic rings. The van der Waals surface area contributed by atoms with E-state index in [-0.39, 0.29) is 18.0 Å². The molecule has 152 valence electrons. The van der Waals surface area contributed by atoms with Gasteiger partial charge in [0.05, 0.1) is 6.20 Å². The van der Waals surface area contributed by atoms with Crippen LogP contribution in [0, 0.1) is 0 Å². The summed E-state index contributed by atoms with van der Waals surface area (Å²) in [5.74, 6) is 1.38. The Labute approximate surface area is 175 Å². The van der Waals surface area contributed by atoms with Gasteiger partial charge in [0, 0.05) is 31.1 Å². The molecule has 0 amide bonds. The quantitative estimate of drug-likeness (QED) is 0.608. The van der Waals surface area contributed by atoms with E-state index in [2.05, 4.69) is 51.3 Å². The first kappa shape index (κ1) is 18.6. The van der Waals surface area contributed by atoms with E-state index in [9.17, 15) is 4.79 Å². The first-order valence-corrected chi connectivity index (χ1v) is 10.3. The smallest absolute Gasteiger partial charge is 0.261 e. The summed E-state index contributed by atoms with van der Waals surface area (Å²) in [6, 6.07) is 18.8. The number of carbonyl (C=O) groups excluding carboxylic acids is 1. The van der Waals surface area contributed by atoms with Crippen molar-refractivity contribution in [3.8, 4) is 11.6 Å². The van der Waals surface area contributed by atoms with Crippen LogP contribution in [0.15, 0.2) is 60.8 Å². The Morgan fingerprint density at radius 3 is 2.73 bits per heavy atom. The highest BCUT2D eigenvalue weighted by Crippen LogP contribution is 2.33. The number of ether oxygens (including phenoxy) is 2. The number of anilines is 1. The molecule has 3 heterocycles.